The first-order chi connectivity index (χ1) is 20.1. The standard InChI is InChI=1S/C31H40N8O3/c1-19(2)37-29-31(42)39(18-27(40)35-16-20-9-11-21(12-10-20)28(33)34)26(17-36-29)22-13-23(15-24(32)14-22)30(41)38-25-7-5-3-4-6-8-25/h9-15,17,19,25H,3-8,16,18,32H2,1-2H3,(H3,33,34)(H,35,40)(H,36,37)(H,38,41). The van der Waals surface area contributed by atoms with Crippen LogP contribution in [0.5, 0.6) is 0 Å². The molecule has 4 rings (SSSR count). The number of nitrogens with two attached hydrogens (primary N) is 2. The number of amidine groups is 1. The fourth-order valence-corrected chi connectivity index (χ4v) is 5.07. The summed E-state index contributed by atoms with van der Waals surface area (Å²) in [4.78, 5) is 44.1. The number of nitrogens with one attached hydrogen (secondary N) is 4. The van der Waals surface area contributed by atoms with Gasteiger partial charge in [-0.25, -0.2) is 4.98 Å². The largest absolute Gasteiger partial charge is 0.399 e. The number of nitrogens with zero attached hydrogens (tertiary/aromatic N) is 2. The van der Waals surface area contributed by atoms with Crippen molar-refractivity contribution in [1.29, 1.82) is 5.41 Å². The molecule has 0 atom stereocenters. The lowest BCUT2D eigenvalue weighted by molar-refractivity contribution is -0.121. The van der Waals surface area contributed by atoms with Gasteiger partial charge in [0, 0.05) is 41.0 Å². The molecule has 0 radical (unpaired) electrons. The van der Waals surface area contributed by atoms with Crippen LogP contribution in [0.3, 0.4) is 0 Å². The van der Waals surface area contributed by atoms with Crippen LogP contribution in [-0.4, -0.2) is 39.3 Å². The molecule has 2 amide bonds. The van der Waals surface area contributed by atoms with E-state index in [1.807, 2.05) is 13.8 Å². The molecule has 42 heavy (non-hydrogen) atoms. The van der Waals surface area contributed by atoms with Gasteiger partial charge in [-0.3, -0.25) is 24.4 Å². The number of hydrogen-bond acceptors (Lipinski definition) is 7. The average molecular weight is 573 g/mol. The van der Waals surface area contributed by atoms with Gasteiger partial charge in [0.05, 0.1) is 11.9 Å². The highest BCUT2D eigenvalue weighted by molar-refractivity contribution is 5.97. The van der Waals surface area contributed by atoms with Crippen LogP contribution in [0.1, 0.15) is 73.9 Å². The molecule has 0 unspecified atom stereocenters. The van der Waals surface area contributed by atoms with Gasteiger partial charge in [-0.05, 0) is 50.5 Å². The Bertz CT molecular complexity index is 1490. The molecule has 1 aliphatic rings. The number of anilines is 2. The fraction of sp³-hybridized carbons (Fsp3) is 0.387. The van der Waals surface area contributed by atoms with Crippen LogP contribution < -0.4 is 33.0 Å². The third-order valence-electron chi connectivity index (χ3n) is 7.24. The summed E-state index contributed by atoms with van der Waals surface area (Å²) in [6, 6.07) is 12.0. The van der Waals surface area contributed by atoms with Gasteiger partial charge in [-0.2, -0.15) is 0 Å². The second-order valence-corrected chi connectivity index (χ2v) is 11.1. The lowest BCUT2D eigenvalue weighted by Crippen LogP contribution is -2.35. The predicted octanol–water partition coefficient (Wildman–Crippen LogP) is 3.37. The zero-order chi connectivity index (χ0) is 30.2. The molecule has 11 heteroatoms. The molecule has 0 bridgehead atoms. The highest BCUT2D eigenvalue weighted by Gasteiger charge is 2.20. The van der Waals surface area contributed by atoms with Crippen LogP contribution in [0.4, 0.5) is 11.5 Å². The molecule has 1 aliphatic carbocycles. The Hall–Kier alpha value is -4.67. The first-order valence-corrected chi connectivity index (χ1v) is 14.4. The van der Waals surface area contributed by atoms with E-state index in [4.69, 9.17) is 16.9 Å². The lowest BCUT2D eigenvalue weighted by atomic mass is 10.0. The van der Waals surface area contributed by atoms with E-state index in [1.54, 1.807) is 42.5 Å². The van der Waals surface area contributed by atoms with Gasteiger partial charge in [-0.15, -0.1) is 0 Å². The van der Waals surface area contributed by atoms with Crippen molar-refractivity contribution in [3.8, 4) is 11.3 Å². The molecule has 1 fully saturated rings. The van der Waals surface area contributed by atoms with Gasteiger partial charge in [-0.1, -0.05) is 49.9 Å². The molecular formula is C31H40N8O3. The third-order valence-corrected chi connectivity index (χ3v) is 7.24. The van der Waals surface area contributed by atoms with E-state index < -0.39 is 5.56 Å². The smallest absolute Gasteiger partial charge is 0.294 e. The Balaban J connectivity index is 1.60. The number of rotatable bonds is 10. The topological polar surface area (TPSA) is 181 Å². The van der Waals surface area contributed by atoms with Crippen molar-refractivity contribution in [2.45, 2.75) is 77.5 Å². The van der Waals surface area contributed by atoms with Crippen LogP contribution in [-0.2, 0) is 17.9 Å². The predicted molar refractivity (Wildman–Crippen MR) is 165 cm³/mol. The molecule has 1 aromatic heterocycles. The molecule has 1 heterocycles. The monoisotopic (exact) mass is 572 g/mol. The van der Waals surface area contributed by atoms with Crippen molar-refractivity contribution >= 4 is 29.2 Å². The minimum atomic E-state index is -0.464. The maximum absolute atomic E-state index is 13.5. The number of amides is 2. The second-order valence-electron chi connectivity index (χ2n) is 11.1. The first kappa shape index (κ1) is 30.3. The average Bonchev–Trinajstić information content (AvgIpc) is 3.22. The summed E-state index contributed by atoms with van der Waals surface area (Å²) in [6.45, 7) is 3.74. The van der Waals surface area contributed by atoms with Gasteiger partial charge in [0.2, 0.25) is 5.91 Å². The number of carbonyl (C=O) groups excluding carboxylic acids is 2. The fourth-order valence-electron chi connectivity index (χ4n) is 5.07. The van der Waals surface area contributed by atoms with Crippen LogP contribution >= 0.6 is 0 Å². The molecule has 11 nitrogen and oxygen atoms in total. The molecule has 3 aromatic rings. The SMILES string of the molecule is CC(C)Nc1ncc(-c2cc(N)cc(C(=O)NC3CCCCCC3)c2)n(CC(=O)NCc2ccc(C(=N)N)cc2)c1=O. The van der Waals surface area contributed by atoms with Crippen LogP contribution in [0.2, 0.25) is 0 Å². The lowest BCUT2D eigenvalue weighted by Gasteiger charge is -2.18. The number of hydrogen-bond donors (Lipinski definition) is 6. The highest BCUT2D eigenvalue weighted by atomic mass is 16.2. The molecule has 2 aromatic carbocycles. The quantitative estimate of drug-likeness (QED) is 0.0932. The number of benzene rings is 2. The summed E-state index contributed by atoms with van der Waals surface area (Å²) in [5, 5.41) is 16.5. The van der Waals surface area contributed by atoms with E-state index in [-0.39, 0.29) is 48.6 Å². The third kappa shape index (κ3) is 7.96. The van der Waals surface area contributed by atoms with Crippen LogP contribution in [0, 0.1) is 5.41 Å². The molecular weight excluding hydrogens is 532 g/mol. The molecule has 8 N–H and O–H groups in total. The minimum Gasteiger partial charge on any atom is -0.399 e. The van der Waals surface area contributed by atoms with Gasteiger partial charge in [0.15, 0.2) is 5.82 Å². The Morgan fingerprint density at radius 3 is 2.38 bits per heavy atom. The maximum atomic E-state index is 13.5. The van der Waals surface area contributed by atoms with Crippen LogP contribution in [0.15, 0.2) is 53.5 Å². The molecule has 1 saturated carbocycles. The summed E-state index contributed by atoms with van der Waals surface area (Å²) in [7, 11) is 0. The molecule has 0 spiro atoms. The van der Waals surface area contributed by atoms with Crippen molar-refractivity contribution in [2.75, 3.05) is 11.1 Å². The highest BCUT2D eigenvalue weighted by Crippen LogP contribution is 2.24. The zero-order valence-electron chi connectivity index (χ0n) is 24.2. The Morgan fingerprint density at radius 1 is 1.05 bits per heavy atom. The van der Waals surface area contributed by atoms with E-state index in [0.717, 1.165) is 31.2 Å². The van der Waals surface area contributed by atoms with E-state index in [0.29, 0.717) is 28.1 Å². The summed E-state index contributed by atoms with van der Waals surface area (Å²) >= 11 is 0. The van der Waals surface area contributed by atoms with Gasteiger partial charge >= 0.3 is 0 Å². The van der Waals surface area contributed by atoms with Crippen molar-refractivity contribution in [3.63, 3.8) is 0 Å². The van der Waals surface area contributed by atoms with Crippen molar-refractivity contribution in [2.24, 2.45) is 5.73 Å². The number of carbonyl (C=O) groups is 2. The molecule has 0 saturated heterocycles. The zero-order valence-corrected chi connectivity index (χ0v) is 24.2. The maximum Gasteiger partial charge on any atom is 0.294 e. The normalized spacial score (nSPS) is 13.8. The van der Waals surface area contributed by atoms with Gasteiger partial charge in [0.1, 0.15) is 12.4 Å². The summed E-state index contributed by atoms with van der Waals surface area (Å²) in [5.41, 5.74) is 14.3. The van der Waals surface area contributed by atoms with Gasteiger partial charge in [0.25, 0.3) is 11.5 Å². The molecule has 0 aliphatic heterocycles. The van der Waals surface area contributed by atoms with Crippen molar-refractivity contribution in [1.82, 2.24) is 20.2 Å². The summed E-state index contributed by atoms with van der Waals surface area (Å²) in [5.74, 6) is -0.515. The van der Waals surface area contributed by atoms with E-state index >= 15 is 0 Å². The van der Waals surface area contributed by atoms with Crippen molar-refractivity contribution < 1.29 is 9.59 Å². The molecule has 222 valence electrons. The number of aromatic nitrogens is 2. The Kier molecular flexibility index (Phi) is 9.95. The summed E-state index contributed by atoms with van der Waals surface area (Å²) < 4.78 is 1.34. The summed E-state index contributed by atoms with van der Waals surface area (Å²) in [6.07, 6.45) is 7.96. The number of nitrogen functional groups attached to an aromatic ring is 2. The van der Waals surface area contributed by atoms with Crippen molar-refractivity contribution in [3.05, 3.63) is 75.7 Å². The van der Waals surface area contributed by atoms with E-state index in [1.165, 1.54) is 23.6 Å². The Morgan fingerprint density at radius 2 is 1.74 bits per heavy atom. The first-order valence-electron chi connectivity index (χ1n) is 14.4. The van der Waals surface area contributed by atoms with Crippen LogP contribution in [0.25, 0.3) is 11.3 Å². The van der Waals surface area contributed by atoms with Gasteiger partial charge < -0.3 is 27.4 Å². The second kappa shape index (κ2) is 13.8. The van der Waals surface area contributed by atoms with E-state index in [2.05, 4.69) is 20.9 Å². The van der Waals surface area contributed by atoms with E-state index in [9.17, 15) is 14.4 Å². The Labute approximate surface area is 245 Å². The minimum absolute atomic E-state index is 0.0346.